The number of nitrogens with zero attached hydrogens (tertiary/aromatic N) is 1. The highest BCUT2D eigenvalue weighted by molar-refractivity contribution is 6.05. The Morgan fingerprint density at radius 2 is 1.65 bits per heavy atom. The molecule has 0 saturated heterocycles. The van der Waals surface area contributed by atoms with Gasteiger partial charge in [0, 0.05) is 32.2 Å². The number of nitrogens with two attached hydrogens (primary N) is 2. The van der Waals surface area contributed by atoms with Crippen LogP contribution in [-0.2, 0) is 49.8 Å². The largest absolute Gasteiger partial charge is 0.370 e. The highest BCUT2D eigenvalue weighted by atomic mass is 16.2. The summed E-state index contributed by atoms with van der Waals surface area (Å²) in [6.07, 6.45) is 4.88. The highest BCUT2D eigenvalue weighted by Gasteiger charge is 2.41. The first-order valence-electron chi connectivity index (χ1n) is 13.9. The average molecular weight is 548 g/mol. The van der Waals surface area contributed by atoms with Crippen LogP contribution < -0.4 is 27.0 Å². The van der Waals surface area contributed by atoms with Crippen molar-refractivity contribution >= 4 is 35.2 Å². The van der Waals surface area contributed by atoms with Crippen molar-refractivity contribution in [1.82, 2.24) is 10.6 Å². The Balaban J connectivity index is 1.40. The van der Waals surface area contributed by atoms with Crippen molar-refractivity contribution < 1.29 is 24.0 Å². The molecule has 0 radical (unpaired) electrons. The molecule has 2 aliphatic heterocycles. The van der Waals surface area contributed by atoms with Crippen LogP contribution >= 0.6 is 0 Å². The zero-order chi connectivity index (χ0) is 28.6. The fraction of sp³-hybridized carbons (Fsp3) is 0.433. The molecule has 2 aromatic carbocycles. The van der Waals surface area contributed by atoms with E-state index < -0.39 is 29.8 Å². The smallest absolute Gasteiger partial charge is 0.244 e. The van der Waals surface area contributed by atoms with E-state index in [-0.39, 0.29) is 31.2 Å². The normalized spacial score (nSPS) is 16.6. The summed E-state index contributed by atoms with van der Waals surface area (Å²) in [7, 11) is 0. The summed E-state index contributed by atoms with van der Waals surface area (Å²) in [6, 6.07) is 11.9. The second kappa shape index (κ2) is 13.2. The summed E-state index contributed by atoms with van der Waals surface area (Å²) in [5.41, 5.74) is 15.3. The van der Waals surface area contributed by atoms with Crippen molar-refractivity contribution in [3.8, 4) is 0 Å². The molecule has 212 valence electrons. The van der Waals surface area contributed by atoms with Gasteiger partial charge >= 0.3 is 0 Å². The number of carbonyl (C=O) groups is 5. The van der Waals surface area contributed by atoms with Crippen LogP contribution in [0.25, 0.3) is 0 Å². The number of anilines is 1. The Kier molecular flexibility index (Phi) is 9.52. The van der Waals surface area contributed by atoms with Gasteiger partial charge in [-0.25, -0.2) is 0 Å². The van der Waals surface area contributed by atoms with E-state index in [0.717, 1.165) is 53.6 Å². The molecule has 2 aromatic rings. The predicted octanol–water partition coefficient (Wildman–Crippen LogP) is 1.55. The maximum Gasteiger partial charge on any atom is 0.244 e. The number of carbonyl (C=O) groups excluding carboxylic acids is 5. The molecule has 2 aliphatic rings. The third kappa shape index (κ3) is 7.25. The SMILES string of the molecule is NC(=O)CCCCc1cccc(CNC(=O)[C@H](CCC(N)=O)NC(=O)[C@@H]2Cc3cccc4c3N2C(=O)CCC4)c1. The van der Waals surface area contributed by atoms with Crippen LogP contribution in [0.4, 0.5) is 5.69 Å². The first-order chi connectivity index (χ1) is 19.2. The van der Waals surface area contributed by atoms with E-state index in [0.29, 0.717) is 25.7 Å². The molecule has 40 heavy (non-hydrogen) atoms. The van der Waals surface area contributed by atoms with Gasteiger partial charge in [0.25, 0.3) is 0 Å². The Morgan fingerprint density at radius 3 is 2.42 bits per heavy atom. The number of rotatable bonds is 13. The predicted molar refractivity (Wildman–Crippen MR) is 150 cm³/mol. The molecule has 6 N–H and O–H groups in total. The van der Waals surface area contributed by atoms with Crippen molar-refractivity contribution in [3.63, 3.8) is 0 Å². The first kappa shape index (κ1) is 28.8. The molecule has 2 atom stereocenters. The summed E-state index contributed by atoms with van der Waals surface area (Å²) in [4.78, 5) is 63.7. The number of hydrogen-bond donors (Lipinski definition) is 4. The zero-order valence-electron chi connectivity index (χ0n) is 22.6. The molecule has 0 spiro atoms. The van der Waals surface area contributed by atoms with Crippen LogP contribution in [-0.4, -0.2) is 41.6 Å². The van der Waals surface area contributed by atoms with Gasteiger partial charge in [-0.05, 0) is 60.8 Å². The van der Waals surface area contributed by atoms with Crippen molar-refractivity contribution in [2.45, 2.75) is 82.8 Å². The van der Waals surface area contributed by atoms with E-state index in [1.807, 2.05) is 42.5 Å². The van der Waals surface area contributed by atoms with Gasteiger partial charge in [0.05, 0.1) is 5.69 Å². The number of unbranched alkanes of at least 4 members (excludes halogenated alkanes) is 1. The summed E-state index contributed by atoms with van der Waals surface area (Å²) >= 11 is 0. The average Bonchev–Trinajstić information content (AvgIpc) is 3.24. The second-order valence-electron chi connectivity index (χ2n) is 10.5. The molecule has 0 bridgehead atoms. The molecule has 0 unspecified atom stereocenters. The van der Waals surface area contributed by atoms with Crippen molar-refractivity contribution in [2.75, 3.05) is 4.90 Å². The van der Waals surface area contributed by atoms with E-state index >= 15 is 0 Å². The topological polar surface area (TPSA) is 165 Å². The quantitative estimate of drug-likeness (QED) is 0.279. The number of aryl methyl sites for hydroxylation is 2. The van der Waals surface area contributed by atoms with Crippen LogP contribution in [0, 0.1) is 0 Å². The highest BCUT2D eigenvalue weighted by Crippen LogP contribution is 2.38. The zero-order valence-corrected chi connectivity index (χ0v) is 22.6. The molecule has 0 aromatic heterocycles. The van der Waals surface area contributed by atoms with E-state index in [4.69, 9.17) is 11.5 Å². The number of para-hydroxylation sites is 1. The summed E-state index contributed by atoms with van der Waals surface area (Å²) in [5, 5.41) is 5.66. The molecule has 0 aliphatic carbocycles. The maximum atomic E-state index is 13.5. The van der Waals surface area contributed by atoms with E-state index in [1.165, 1.54) is 0 Å². The van der Waals surface area contributed by atoms with Crippen LogP contribution in [0.5, 0.6) is 0 Å². The van der Waals surface area contributed by atoms with Gasteiger partial charge in [-0.1, -0.05) is 42.5 Å². The summed E-state index contributed by atoms with van der Waals surface area (Å²) in [5.74, 6) is -1.84. The van der Waals surface area contributed by atoms with Crippen molar-refractivity contribution in [3.05, 3.63) is 64.7 Å². The Bertz CT molecular complexity index is 1290. The summed E-state index contributed by atoms with van der Waals surface area (Å²) in [6.45, 7) is 0.236. The Hall–Kier alpha value is -4.21. The minimum absolute atomic E-state index is 0.0473. The van der Waals surface area contributed by atoms with Gasteiger partial charge < -0.3 is 22.1 Å². The van der Waals surface area contributed by atoms with Gasteiger partial charge in [0.1, 0.15) is 12.1 Å². The summed E-state index contributed by atoms with van der Waals surface area (Å²) < 4.78 is 0. The number of hydrogen-bond acceptors (Lipinski definition) is 5. The van der Waals surface area contributed by atoms with Crippen molar-refractivity contribution in [1.29, 1.82) is 0 Å². The lowest BCUT2D eigenvalue weighted by molar-refractivity contribution is -0.131. The molecule has 10 nitrogen and oxygen atoms in total. The van der Waals surface area contributed by atoms with Gasteiger partial charge in [-0.2, -0.15) is 0 Å². The molecule has 4 rings (SSSR count). The van der Waals surface area contributed by atoms with Crippen LogP contribution in [0.3, 0.4) is 0 Å². The number of nitrogens with one attached hydrogen (secondary N) is 2. The van der Waals surface area contributed by atoms with E-state index in [2.05, 4.69) is 10.6 Å². The molecule has 5 amide bonds. The maximum absolute atomic E-state index is 13.5. The van der Waals surface area contributed by atoms with Gasteiger partial charge in [0.15, 0.2) is 0 Å². The first-order valence-corrected chi connectivity index (χ1v) is 13.9. The van der Waals surface area contributed by atoms with Gasteiger partial charge in [-0.3, -0.25) is 28.9 Å². The fourth-order valence-corrected chi connectivity index (χ4v) is 5.49. The second-order valence-corrected chi connectivity index (χ2v) is 10.5. The standard InChI is InChI=1S/C30H37N5O5/c31-25(36)12-2-1-6-19-7-3-8-20(16-19)18-33-29(39)23(14-15-26(32)37)34-30(40)24-17-22-11-4-9-21-10-5-13-27(38)35(24)28(21)22/h3-4,7-9,11,16,23-24H,1-2,5-6,10,12-15,17-18H2,(H2,31,36)(H2,32,37)(H,33,39)(H,34,40)/t23-,24-/m0/s1. The lowest BCUT2D eigenvalue weighted by Gasteiger charge is -2.27. The van der Waals surface area contributed by atoms with Crippen molar-refractivity contribution in [2.24, 2.45) is 11.5 Å². The fourth-order valence-electron chi connectivity index (χ4n) is 5.49. The van der Waals surface area contributed by atoms with Crippen LogP contribution in [0.15, 0.2) is 42.5 Å². The minimum Gasteiger partial charge on any atom is -0.370 e. The molecular formula is C30H37N5O5. The molecule has 10 heteroatoms. The monoisotopic (exact) mass is 547 g/mol. The van der Waals surface area contributed by atoms with E-state index in [9.17, 15) is 24.0 Å². The molecule has 0 fully saturated rings. The molecule has 2 heterocycles. The molecular weight excluding hydrogens is 510 g/mol. The number of benzene rings is 2. The third-order valence-electron chi connectivity index (χ3n) is 7.49. The van der Waals surface area contributed by atoms with Crippen LogP contribution in [0.1, 0.15) is 67.2 Å². The number of primary amides is 2. The Labute approximate surface area is 233 Å². The van der Waals surface area contributed by atoms with Gasteiger partial charge in [-0.15, -0.1) is 0 Å². The minimum atomic E-state index is -0.984. The number of amides is 5. The van der Waals surface area contributed by atoms with Crippen LogP contribution in [0.2, 0.25) is 0 Å². The Morgan fingerprint density at radius 1 is 0.925 bits per heavy atom. The molecule has 0 saturated carbocycles. The van der Waals surface area contributed by atoms with Gasteiger partial charge in [0.2, 0.25) is 29.5 Å². The van der Waals surface area contributed by atoms with E-state index in [1.54, 1.807) is 4.90 Å². The lowest BCUT2D eigenvalue weighted by atomic mass is 10.0. The third-order valence-corrected chi connectivity index (χ3v) is 7.49. The lowest BCUT2D eigenvalue weighted by Crippen LogP contribution is -2.54.